The summed E-state index contributed by atoms with van der Waals surface area (Å²) in [4.78, 5) is 2.37. The third kappa shape index (κ3) is 2.69. The van der Waals surface area contributed by atoms with Crippen LogP contribution in [0.2, 0.25) is 0 Å². The molecular formula is C15H12FNS2. The molecule has 1 aromatic carbocycles. The van der Waals surface area contributed by atoms with Crippen molar-refractivity contribution in [1.29, 1.82) is 0 Å². The normalized spacial score (nSPS) is 10.8. The van der Waals surface area contributed by atoms with Crippen LogP contribution < -0.4 is 5.32 Å². The van der Waals surface area contributed by atoms with Crippen molar-refractivity contribution < 1.29 is 4.39 Å². The zero-order chi connectivity index (χ0) is 13.1. The van der Waals surface area contributed by atoms with Crippen molar-refractivity contribution in [1.82, 2.24) is 0 Å². The fourth-order valence-electron chi connectivity index (χ4n) is 1.93. The molecule has 0 fully saturated rings. The van der Waals surface area contributed by atoms with Crippen LogP contribution in [-0.2, 0) is 0 Å². The number of anilines is 1. The highest BCUT2D eigenvalue weighted by molar-refractivity contribution is 7.11. The van der Waals surface area contributed by atoms with Crippen LogP contribution >= 0.6 is 22.7 Å². The summed E-state index contributed by atoms with van der Waals surface area (Å²) in [5.41, 5.74) is 0.536. The van der Waals surface area contributed by atoms with Gasteiger partial charge in [-0.2, -0.15) is 0 Å². The Balaban J connectivity index is 1.95. The number of para-hydroxylation sites is 1. The van der Waals surface area contributed by atoms with Crippen LogP contribution in [0.25, 0.3) is 0 Å². The molecular weight excluding hydrogens is 277 g/mol. The molecule has 0 aliphatic heterocycles. The van der Waals surface area contributed by atoms with E-state index in [1.165, 1.54) is 15.8 Å². The van der Waals surface area contributed by atoms with Crippen molar-refractivity contribution in [3.8, 4) is 0 Å². The Morgan fingerprint density at radius 2 is 1.47 bits per heavy atom. The van der Waals surface area contributed by atoms with E-state index in [-0.39, 0.29) is 11.9 Å². The number of halogens is 1. The number of hydrogen-bond acceptors (Lipinski definition) is 3. The summed E-state index contributed by atoms with van der Waals surface area (Å²) in [7, 11) is 0. The Morgan fingerprint density at radius 3 is 2.00 bits per heavy atom. The lowest BCUT2D eigenvalue weighted by atomic mass is 10.2. The Labute approximate surface area is 119 Å². The summed E-state index contributed by atoms with van der Waals surface area (Å²) in [6.45, 7) is 0. The van der Waals surface area contributed by atoms with Gasteiger partial charge in [0.2, 0.25) is 0 Å². The van der Waals surface area contributed by atoms with Crippen LogP contribution in [0.4, 0.5) is 10.1 Å². The van der Waals surface area contributed by atoms with Gasteiger partial charge in [0.1, 0.15) is 5.82 Å². The maximum atomic E-state index is 13.8. The molecule has 4 heteroatoms. The molecule has 0 aliphatic rings. The third-order valence-corrected chi connectivity index (χ3v) is 4.70. The first-order valence-electron chi connectivity index (χ1n) is 5.92. The summed E-state index contributed by atoms with van der Waals surface area (Å²) < 4.78 is 13.8. The largest absolute Gasteiger partial charge is 0.370 e. The van der Waals surface area contributed by atoms with E-state index in [0.29, 0.717) is 5.69 Å². The Morgan fingerprint density at radius 1 is 0.842 bits per heavy atom. The Hall–Kier alpha value is -1.65. The summed E-state index contributed by atoms with van der Waals surface area (Å²) in [6, 6.07) is 15.0. The van der Waals surface area contributed by atoms with E-state index in [0.717, 1.165) is 0 Å². The average Bonchev–Trinajstić information content (AvgIpc) is 3.11. The first-order valence-corrected chi connectivity index (χ1v) is 7.68. The van der Waals surface area contributed by atoms with Gasteiger partial charge in [0.15, 0.2) is 0 Å². The van der Waals surface area contributed by atoms with E-state index < -0.39 is 0 Å². The van der Waals surface area contributed by atoms with Gasteiger partial charge in [-0.3, -0.25) is 0 Å². The molecule has 2 heterocycles. The fourth-order valence-corrected chi connectivity index (χ4v) is 3.59. The van der Waals surface area contributed by atoms with Gasteiger partial charge in [-0.25, -0.2) is 4.39 Å². The number of hydrogen-bond donors (Lipinski definition) is 1. The maximum Gasteiger partial charge on any atom is 0.146 e. The van der Waals surface area contributed by atoms with E-state index in [9.17, 15) is 4.39 Å². The fraction of sp³-hybridized carbons (Fsp3) is 0.0667. The molecule has 0 saturated heterocycles. The van der Waals surface area contributed by atoms with Crippen molar-refractivity contribution in [3.63, 3.8) is 0 Å². The summed E-state index contributed by atoms with van der Waals surface area (Å²) in [5, 5.41) is 7.38. The van der Waals surface area contributed by atoms with Crippen LogP contribution in [0.15, 0.2) is 59.3 Å². The minimum absolute atomic E-state index is 0.0110. The molecule has 3 aromatic rings. The van der Waals surface area contributed by atoms with Crippen molar-refractivity contribution in [2.45, 2.75) is 6.04 Å². The Bertz CT molecular complexity index is 598. The van der Waals surface area contributed by atoms with Crippen LogP contribution in [-0.4, -0.2) is 0 Å². The second-order valence-corrected chi connectivity index (χ2v) is 6.05. The molecule has 0 spiro atoms. The highest BCUT2D eigenvalue weighted by atomic mass is 32.1. The predicted octanol–water partition coefficient (Wildman–Crippen LogP) is 5.15. The second-order valence-electron chi connectivity index (χ2n) is 4.09. The van der Waals surface area contributed by atoms with Gasteiger partial charge in [-0.05, 0) is 35.0 Å². The highest BCUT2D eigenvalue weighted by Gasteiger charge is 2.17. The standard InChI is InChI=1S/C15H12FNS2/c16-11-5-1-2-6-12(11)17-15(13-7-3-9-18-13)14-8-4-10-19-14/h1-10,15,17H. The zero-order valence-electron chi connectivity index (χ0n) is 10.0. The van der Waals surface area contributed by atoms with E-state index in [4.69, 9.17) is 0 Å². The van der Waals surface area contributed by atoms with Crippen molar-refractivity contribution >= 4 is 28.4 Å². The first kappa shape index (κ1) is 12.4. The lowest BCUT2D eigenvalue weighted by molar-refractivity contribution is 0.629. The smallest absolute Gasteiger partial charge is 0.146 e. The van der Waals surface area contributed by atoms with Gasteiger partial charge in [0.25, 0.3) is 0 Å². The number of thiophene rings is 2. The molecule has 0 unspecified atom stereocenters. The van der Waals surface area contributed by atoms with Crippen LogP contribution in [0.3, 0.4) is 0 Å². The van der Waals surface area contributed by atoms with E-state index in [1.54, 1.807) is 34.8 Å². The molecule has 96 valence electrons. The van der Waals surface area contributed by atoms with Gasteiger partial charge < -0.3 is 5.32 Å². The summed E-state index contributed by atoms with van der Waals surface area (Å²) in [6.07, 6.45) is 0. The number of rotatable bonds is 4. The number of benzene rings is 1. The number of nitrogens with one attached hydrogen (secondary N) is 1. The van der Waals surface area contributed by atoms with Crippen LogP contribution in [0.1, 0.15) is 15.8 Å². The molecule has 0 bridgehead atoms. The minimum Gasteiger partial charge on any atom is -0.370 e. The summed E-state index contributed by atoms with van der Waals surface area (Å²) in [5.74, 6) is -0.222. The Kier molecular flexibility index (Phi) is 3.62. The molecule has 0 aliphatic carbocycles. The molecule has 1 N–H and O–H groups in total. The molecule has 0 atom stereocenters. The second kappa shape index (κ2) is 5.55. The van der Waals surface area contributed by atoms with Gasteiger partial charge in [-0.15, -0.1) is 22.7 Å². The lowest BCUT2D eigenvalue weighted by Crippen LogP contribution is -2.10. The van der Waals surface area contributed by atoms with Crippen LogP contribution in [0, 0.1) is 5.82 Å². The molecule has 0 saturated carbocycles. The van der Waals surface area contributed by atoms with E-state index in [2.05, 4.69) is 17.4 Å². The van der Waals surface area contributed by atoms with E-state index >= 15 is 0 Å². The SMILES string of the molecule is Fc1ccccc1NC(c1cccs1)c1cccs1. The molecule has 0 radical (unpaired) electrons. The highest BCUT2D eigenvalue weighted by Crippen LogP contribution is 2.32. The quantitative estimate of drug-likeness (QED) is 0.700. The molecule has 2 aromatic heterocycles. The van der Waals surface area contributed by atoms with E-state index in [1.807, 2.05) is 29.0 Å². The molecule has 19 heavy (non-hydrogen) atoms. The average molecular weight is 289 g/mol. The first-order chi connectivity index (χ1) is 9.34. The molecule has 0 amide bonds. The van der Waals surface area contributed by atoms with Crippen molar-refractivity contribution in [3.05, 3.63) is 74.9 Å². The molecule has 1 nitrogen and oxygen atoms in total. The van der Waals surface area contributed by atoms with Crippen molar-refractivity contribution in [2.24, 2.45) is 0 Å². The van der Waals surface area contributed by atoms with Crippen molar-refractivity contribution in [2.75, 3.05) is 5.32 Å². The maximum absolute atomic E-state index is 13.8. The van der Waals surface area contributed by atoms with Gasteiger partial charge in [0, 0.05) is 9.75 Å². The lowest BCUT2D eigenvalue weighted by Gasteiger charge is -2.18. The monoisotopic (exact) mass is 289 g/mol. The van der Waals surface area contributed by atoms with Crippen LogP contribution in [0.5, 0.6) is 0 Å². The third-order valence-electron chi connectivity index (χ3n) is 2.83. The van der Waals surface area contributed by atoms with Gasteiger partial charge in [0.05, 0.1) is 11.7 Å². The van der Waals surface area contributed by atoms with Gasteiger partial charge in [-0.1, -0.05) is 24.3 Å². The predicted molar refractivity (Wildman–Crippen MR) is 80.5 cm³/mol. The van der Waals surface area contributed by atoms with Gasteiger partial charge >= 0.3 is 0 Å². The summed E-state index contributed by atoms with van der Waals surface area (Å²) >= 11 is 3.35. The zero-order valence-corrected chi connectivity index (χ0v) is 11.7. The minimum atomic E-state index is -0.222. The molecule has 3 rings (SSSR count). The topological polar surface area (TPSA) is 12.0 Å².